The molecule has 1 fully saturated rings. The number of hydrogen-bond acceptors (Lipinski definition) is 6. The maximum atomic E-state index is 12.5. The summed E-state index contributed by atoms with van der Waals surface area (Å²) in [7, 11) is 1.90. The molecule has 9 heteroatoms. The van der Waals surface area contributed by atoms with Gasteiger partial charge in [0.2, 0.25) is 12.7 Å². The number of hydrogen-bond donors (Lipinski definition) is 1. The molecule has 27 heavy (non-hydrogen) atoms. The molecule has 0 saturated carbocycles. The van der Waals surface area contributed by atoms with Crippen LogP contribution in [-0.4, -0.2) is 57.9 Å². The maximum Gasteiger partial charge on any atom is 0.251 e. The topological polar surface area (TPSA) is 98.6 Å². The third-order valence-electron chi connectivity index (χ3n) is 4.92. The van der Waals surface area contributed by atoms with E-state index in [-0.39, 0.29) is 31.1 Å². The van der Waals surface area contributed by atoms with Crippen LogP contribution in [-0.2, 0) is 11.8 Å². The molecule has 0 bridgehead atoms. The molecule has 9 nitrogen and oxygen atoms in total. The molecule has 1 aromatic carbocycles. The van der Waals surface area contributed by atoms with Crippen LogP contribution in [0, 0.1) is 0 Å². The van der Waals surface area contributed by atoms with Crippen molar-refractivity contribution in [3.63, 3.8) is 0 Å². The molecular formula is C18H21N5O4. The van der Waals surface area contributed by atoms with E-state index in [1.54, 1.807) is 29.4 Å². The number of piperidine rings is 1. The van der Waals surface area contributed by atoms with Gasteiger partial charge in [-0.15, -0.1) is 10.2 Å². The Kier molecular flexibility index (Phi) is 4.66. The second kappa shape index (κ2) is 7.26. The molecule has 0 spiro atoms. The third-order valence-corrected chi connectivity index (χ3v) is 4.92. The second-order valence-electron chi connectivity index (χ2n) is 6.73. The summed E-state index contributed by atoms with van der Waals surface area (Å²) in [5.74, 6) is 1.79. The Morgan fingerprint density at radius 2 is 2.15 bits per heavy atom. The standard InChI is InChI=1S/C18H21N5O4/c1-22-10-20-21-17(22)13-3-2-6-23(9-13)16(24)8-19-18(25)12-4-5-14-15(7-12)27-11-26-14/h4-5,7,10,13H,2-3,6,8-9,11H2,1H3,(H,19,25). The molecule has 2 aliphatic heterocycles. The highest BCUT2D eigenvalue weighted by Gasteiger charge is 2.27. The van der Waals surface area contributed by atoms with Crippen molar-refractivity contribution in [2.24, 2.45) is 7.05 Å². The van der Waals surface area contributed by atoms with Crippen molar-refractivity contribution in [2.75, 3.05) is 26.4 Å². The van der Waals surface area contributed by atoms with Gasteiger partial charge in [0, 0.05) is 31.6 Å². The van der Waals surface area contributed by atoms with E-state index in [0.29, 0.717) is 30.2 Å². The lowest BCUT2D eigenvalue weighted by atomic mass is 9.97. The first-order valence-corrected chi connectivity index (χ1v) is 8.91. The van der Waals surface area contributed by atoms with Crippen LogP contribution in [0.3, 0.4) is 0 Å². The Labute approximate surface area is 156 Å². The van der Waals surface area contributed by atoms with Gasteiger partial charge in [0.15, 0.2) is 11.5 Å². The number of carbonyl (C=O) groups is 2. The highest BCUT2D eigenvalue weighted by atomic mass is 16.7. The molecule has 2 amide bonds. The number of amides is 2. The first-order valence-electron chi connectivity index (χ1n) is 8.91. The van der Waals surface area contributed by atoms with Crippen molar-refractivity contribution >= 4 is 11.8 Å². The summed E-state index contributed by atoms with van der Waals surface area (Å²) in [6.45, 7) is 1.39. The van der Waals surface area contributed by atoms with Gasteiger partial charge >= 0.3 is 0 Å². The minimum Gasteiger partial charge on any atom is -0.454 e. The molecule has 1 N–H and O–H groups in total. The van der Waals surface area contributed by atoms with Crippen LogP contribution in [0.1, 0.15) is 34.9 Å². The molecule has 3 heterocycles. The van der Waals surface area contributed by atoms with Gasteiger partial charge in [0.05, 0.1) is 6.54 Å². The number of aryl methyl sites for hydroxylation is 1. The van der Waals surface area contributed by atoms with Crippen molar-refractivity contribution in [3.8, 4) is 11.5 Å². The summed E-state index contributed by atoms with van der Waals surface area (Å²) in [4.78, 5) is 26.7. The van der Waals surface area contributed by atoms with Gasteiger partial charge in [-0.05, 0) is 31.0 Å². The Morgan fingerprint density at radius 1 is 1.30 bits per heavy atom. The van der Waals surface area contributed by atoms with E-state index in [0.717, 1.165) is 18.7 Å². The maximum absolute atomic E-state index is 12.5. The van der Waals surface area contributed by atoms with E-state index in [9.17, 15) is 9.59 Å². The average Bonchev–Trinajstić information content (AvgIpc) is 3.33. The zero-order valence-corrected chi connectivity index (χ0v) is 15.1. The van der Waals surface area contributed by atoms with Gasteiger partial charge in [0.1, 0.15) is 12.2 Å². The van der Waals surface area contributed by atoms with Crippen LogP contribution < -0.4 is 14.8 Å². The number of aromatic nitrogens is 3. The molecular weight excluding hydrogens is 350 g/mol. The average molecular weight is 371 g/mol. The van der Waals surface area contributed by atoms with Crippen LogP contribution in [0.15, 0.2) is 24.5 Å². The first-order chi connectivity index (χ1) is 13.1. The number of rotatable bonds is 4. The second-order valence-corrected chi connectivity index (χ2v) is 6.73. The number of ether oxygens (including phenoxy) is 2. The molecule has 0 aliphatic carbocycles. The summed E-state index contributed by atoms with van der Waals surface area (Å²) < 4.78 is 12.4. The van der Waals surface area contributed by atoms with Crippen LogP contribution >= 0.6 is 0 Å². The number of nitrogens with one attached hydrogen (secondary N) is 1. The van der Waals surface area contributed by atoms with Gasteiger partial charge in [0.25, 0.3) is 5.91 Å². The third kappa shape index (κ3) is 3.57. The summed E-state index contributed by atoms with van der Waals surface area (Å²) in [5, 5.41) is 10.8. The Hall–Kier alpha value is -3.10. The Morgan fingerprint density at radius 3 is 2.96 bits per heavy atom. The fourth-order valence-electron chi connectivity index (χ4n) is 3.48. The highest BCUT2D eigenvalue weighted by molar-refractivity contribution is 5.97. The highest BCUT2D eigenvalue weighted by Crippen LogP contribution is 2.32. The normalized spacial score (nSPS) is 18.4. The summed E-state index contributed by atoms with van der Waals surface area (Å²) in [6.07, 6.45) is 3.54. The smallest absolute Gasteiger partial charge is 0.251 e. The molecule has 4 rings (SSSR count). The van der Waals surface area contributed by atoms with Gasteiger partial charge in [-0.2, -0.15) is 0 Å². The summed E-state index contributed by atoms with van der Waals surface area (Å²) >= 11 is 0. The molecule has 142 valence electrons. The zero-order valence-electron chi connectivity index (χ0n) is 15.1. The lowest BCUT2D eigenvalue weighted by Gasteiger charge is -2.32. The van der Waals surface area contributed by atoms with Crippen LogP contribution in [0.25, 0.3) is 0 Å². The molecule has 2 aliphatic rings. The van der Waals surface area contributed by atoms with E-state index in [1.807, 2.05) is 11.6 Å². The van der Waals surface area contributed by atoms with Gasteiger partial charge < -0.3 is 24.3 Å². The predicted octanol–water partition coefficient (Wildman–Crippen LogP) is 0.680. The van der Waals surface area contributed by atoms with E-state index in [4.69, 9.17) is 9.47 Å². The summed E-state index contributed by atoms with van der Waals surface area (Å²) in [5.41, 5.74) is 0.433. The van der Waals surface area contributed by atoms with E-state index in [2.05, 4.69) is 15.5 Å². The lowest BCUT2D eigenvalue weighted by molar-refractivity contribution is -0.131. The Bertz CT molecular complexity index is 865. The number of nitrogens with zero attached hydrogens (tertiary/aromatic N) is 4. The molecule has 1 atom stereocenters. The molecule has 1 unspecified atom stereocenters. The van der Waals surface area contributed by atoms with Crippen molar-refractivity contribution in [1.29, 1.82) is 0 Å². The molecule has 1 aromatic heterocycles. The molecule has 1 saturated heterocycles. The number of likely N-dealkylation sites (tertiary alicyclic amines) is 1. The summed E-state index contributed by atoms with van der Waals surface area (Å²) in [6, 6.07) is 4.96. The van der Waals surface area contributed by atoms with E-state index in [1.165, 1.54) is 0 Å². The van der Waals surface area contributed by atoms with E-state index >= 15 is 0 Å². The minimum atomic E-state index is -0.316. The monoisotopic (exact) mass is 371 g/mol. The van der Waals surface area contributed by atoms with Gasteiger partial charge in [-0.25, -0.2) is 0 Å². The minimum absolute atomic E-state index is 0.0428. The van der Waals surface area contributed by atoms with Crippen molar-refractivity contribution in [1.82, 2.24) is 25.0 Å². The van der Waals surface area contributed by atoms with Crippen LogP contribution in [0.4, 0.5) is 0 Å². The number of fused-ring (bicyclic) bond motifs is 1. The first kappa shape index (κ1) is 17.3. The SMILES string of the molecule is Cn1cnnc1C1CCCN(C(=O)CNC(=O)c2ccc3c(c2)OCO3)C1. The molecule has 0 radical (unpaired) electrons. The van der Waals surface area contributed by atoms with Crippen molar-refractivity contribution < 1.29 is 19.1 Å². The zero-order chi connectivity index (χ0) is 18.8. The quantitative estimate of drug-likeness (QED) is 0.849. The van der Waals surface area contributed by atoms with Gasteiger partial charge in [-0.3, -0.25) is 9.59 Å². The molecule has 2 aromatic rings. The van der Waals surface area contributed by atoms with E-state index < -0.39 is 0 Å². The van der Waals surface area contributed by atoms with Gasteiger partial charge in [-0.1, -0.05) is 0 Å². The fourth-order valence-corrected chi connectivity index (χ4v) is 3.48. The number of carbonyl (C=O) groups excluding carboxylic acids is 2. The fraction of sp³-hybridized carbons (Fsp3) is 0.444. The Balaban J connectivity index is 1.33. The van der Waals surface area contributed by atoms with Crippen molar-refractivity contribution in [2.45, 2.75) is 18.8 Å². The van der Waals surface area contributed by atoms with Crippen LogP contribution in [0.2, 0.25) is 0 Å². The lowest BCUT2D eigenvalue weighted by Crippen LogP contribution is -2.44. The largest absolute Gasteiger partial charge is 0.454 e. The number of benzene rings is 1. The van der Waals surface area contributed by atoms with Crippen molar-refractivity contribution in [3.05, 3.63) is 35.9 Å². The van der Waals surface area contributed by atoms with Crippen LogP contribution in [0.5, 0.6) is 11.5 Å². The predicted molar refractivity (Wildman–Crippen MR) is 94.5 cm³/mol.